The van der Waals surface area contributed by atoms with Gasteiger partial charge in [0, 0.05) is 11.4 Å². The average molecular weight is 253 g/mol. The van der Waals surface area contributed by atoms with E-state index >= 15 is 0 Å². The third-order valence-corrected chi connectivity index (χ3v) is 2.91. The van der Waals surface area contributed by atoms with Gasteiger partial charge >= 0.3 is 11.9 Å². The number of carbonyl (C=O) groups is 2. The molecule has 0 bridgehead atoms. The van der Waals surface area contributed by atoms with Crippen molar-refractivity contribution in [3.8, 4) is 0 Å². The summed E-state index contributed by atoms with van der Waals surface area (Å²) in [5, 5.41) is 8.67. The Hall–Kier alpha value is -1.78. The Balaban J connectivity index is 2.80. The lowest BCUT2D eigenvalue weighted by Crippen LogP contribution is -2.08. The number of aromatic amines is 1. The summed E-state index contributed by atoms with van der Waals surface area (Å²) in [7, 11) is 0. The minimum atomic E-state index is -0.825. The second-order valence-corrected chi connectivity index (χ2v) is 4.21. The largest absolute Gasteiger partial charge is 0.481 e. The fraction of sp³-hybridized carbons (Fsp3) is 0.538. The van der Waals surface area contributed by atoms with Gasteiger partial charge in [-0.1, -0.05) is 0 Å². The summed E-state index contributed by atoms with van der Waals surface area (Å²) >= 11 is 0. The Morgan fingerprint density at radius 2 is 2.00 bits per heavy atom. The molecule has 1 heterocycles. The Morgan fingerprint density at radius 1 is 1.33 bits per heavy atom. The number of nitrogens with one attached hydrogen (secondary N) is 1. The summed E-state index contributed by atoms with van der Waals surface area (Å²) in [5.74, 6) is -1.08. The molecule has 100 valence electrons. The van der Waals surface area contributed by atoms with E-state index in [2.05, 4.69) is 4.98 Å². The highest BCUT2D eigenvalue weighted by Gasteiger charge is 2.15. The van der Waals surface area contributed by atoms with Crippen molar-refractivity contribution >= 4 is 11.9 Å². The van der Waals surface area contributed by atoms with E-state index < -0.39 is 5.97 Å². The van der Waals surface area contributed by atoms with Crippen molar-refractivity contribution in [2.75, 3.05) is 6.61 Å². The van der Waals surface area contributed by atoms with Gasteiger partial charge in [-0.15, -0.1) is 0 Å². The quantitative estimate of drug-likeness (QED) is 0.757. The minimum absolute atomic E-state index is 0.0830. The number of aromatic nitrogens is 1. The maximum atomic E-state index is 11.5. The maximum Gasteiger partial charge on any atom is 0.310 e. The van der Waals surface area contributed by atoms with Gasteiger partial charge < -0.3 is 14.8 Å². The van der Waals surface area contributed by atoms with Crippen molar-refractivity contribution in [3.63, 3.8) is 0 Å². The molecule has 0 spiro atoms. The van der Waals surface area contributed by atoms with Crippen LogP contribution in [0.2, 0.25) is 0 Å². The van der Waals surface area contributed by atoms with Crippen LogP contribution >= 0.6 is 0 Å². The first-order chi connectivity index (χ1) is 8.45. The van der Waals surface area contributed by atoms with Crippen LogP contribution in [0.5, 0.6) is 0 Å². The number of aryl methyl sites for hydroxylation is 2. The molecule has 5 heteroatoms. The lowest BCUT2D eigenvalue weighted by atomic mass is 10.1. The van der Waals surface area contributed by atoms with Gasteiger partial charge in [-0.25, -0.2) is 0 Å². The number of carboxylic acids is 1. The summed E-state index contributed by atoms with van der Waals surface area (Å²) < 4.78 is 4.92. The number of esters is 1. The SMILES string of the molecule is CCOC(=O)Cc1c(C)[nH]c(CCC(=O)O)c1C. The van der Waals surface area contributed by atoms with E-state index in [9.17, 15) is 9.59 Å². The van der Waals surface area contributed by atoms with Crippen molar-refractivity contribution < 1.29 is 19.4 Å². The summed E-state index contributed by atoms with van der Waals surface area (Å²) in [6.07, 6.45) is 0.763. The summed E-state index contributed by atoms with van der Waals surface area (Å²) in [4.78, 5) is 25.2. The van der Waals surface area contributed by atoms with E-state index in [1.165, 1.54) is 0 Å². The molecule has 0 saturated heterocycles. The fourth-order valence-electron chi connectivity index (χ4n) is 1.96. The first-order valence-corrected chi connectivity index (χ1v) is 6.00. The standard InChI is InChI=1S/C13H19NO4/c1-4-18-13(17)7-10-8(2)11(14-9(10)3)5-6-12(15)16/h14H,4-7H2,1-3H3,(H,15,16). The molecule has 0 aliphatic heterocycles. The molecule has 0 fully saturated rings. The first kappa shape index (κ1) is 14.3. The molecular formula is C13H19NO4. The molecule has 0 radical (unpaired) electrons. The molecule has 1 aromatic heterocycles. The van der Waals surface area contributed by atoms with E-state index in [1.54, 1.807) is 6.92 Å². The van der Waals surface area contributed by atoms with E-state index in [4.69, 9.17) is 9.84 Å². The molecule has 0 amide bonds. The van der Waals surface area contributed by atoms with Crippen LogP contribution in [-0.2, 0) is 27.2 Å². The highest BCUT2D eigenvalue weighted by molar-refractivity contribution is 5.73. The van der Waals surface area contributed by atoms with Crippen LogP contribution in [0.15, 0.2) is 0 Å². The summed E-state index contributed by atoms with van der Waals surface area (Å²) in [6.45, 7) is 5.92. The Bertz CT molecular complexity index is 448. The lowest BCUT2D eigenvalue weighted by molar-refractivity contribution is -0.142. The smallest absolute Gasteiger partial charge is 0.310 e. The summed E-state index contributed by atoms with van der Waals surface area (Å²) in [5.41, 5.74) is 3.66. The van der Waals surface area contributed by atoms with Crippen molar-refractivity contribution in [1.82, 2.24) is 4.98 Å². The molecule has 0 aromatic carbocycles. The average Bonchev–Trinajstić information content (AvgIpc) is 2.54. The van der Waals surface area contributed by atoms with E-state index in [-0.39, 0.29) is 18.8 Å². The number of carboxylic acid groups (broad SMARTS) is 1. The number of carbonyl (C=O) groups excluding carboxylic acids is 1. The Morgan fingerprint density at radius 3 is 2.56 bits per heavy atom. The second-order valence-electron chi connectivity index (χ2n) is 4.21. The molecule has 1 aromatic rings. The monoisotopic (exact) mass is 253 g/mol. The van der Waals surface area contributed by atoms with Crippen LogP contribution in [0.25, 0.3) is 0 Å². The molecule has 2 N–H and O–H groups in total. The zero-order valence-corrected chi connectivity index (χ0v) is 11.0. The van der Waals surface area contributed by atoms with Crippen LogP contribution in [0.3, 0.4) is 0 Å². The number of rotatable bonds is 6. The van der Waals surface area contributed by atoms with Gasteiger partial charge in [-0.2, -0.15) is 0 Å². The van der Waals surface area contributed by atoms with Crippen LogP contribution in [0.4, 0.5) is 0 Å². The normalized spacial score (nSPS) is 10.4. The topological polar surface area (TPSA) is 79.4 Å². The van der Waals surface area contributed by atoms with E-state index in [0.717, 1.165) is 22.5 Å². The molecular weight excluding hydrogens is 234 g/mol. The second kappa shape index (κ2) is 6.23. The third-order valence-electron chi connectivity index (χ3n) is 2.91. The van der Waals surface area contributed by atoms with E-state index in [0.29, 0.717) is 13.0 Å². The molecule has 0 atom stereocenters. The van der Waals surface area contributed by atoms with Gasteiger partial charge in [0.1, 0.15) is 0 Å². The van der Waals surface area contributed by atoms with Crippen molar-refractivity contribution in [3.05, 3.63) is 22.5 Å². The number of aliphatic carboxylic acids is 1. The predicted octanol–water partition coefficient (Wildman–Crippen LogP) is 1.75. The lowest BCUT2D eigenvalue weighted by Gasteiger charge is -2.03. The van der Waals surface area contributed by atoms with Crippen LogP contribution in [0.1, 0.15) is 35.9 Å². The van der Waals surface area contributed by atoms with Crippen molar-refractivity contribution in [2.24, 2.45) is 0 Å². The molecule has 1 rings (SSSR count). The Kier molecular flexibility index (Phi) is 4.95. The van der Waals surface area contributed by atoms with Gasteiger partial charge in [0.2, 0.25) is 0 Å². The van der Waals surface area contributed by atoms with Gasteiger partial charge in [0.25, 0.3) is 0 Å². The number of ether oxygens (including phenoxy) is 1. The fourth-order valence-corrected chi connectivity index (χ4v) is 1.96. The van der Waals surface area contributed by atoms with Crippen molar-refractivity contribution in [2.45, 2.75) is 40.0 Å². The summed E-state index contributed by atoms with van der Waals surface area (Å²) in [6, 6.07) is 0. The zero-order chi connectivity index (χ0) is 13.7. The van der Waals surface area contributed by atoms with E-state index in [1.807, 2.05) is 13.8 Å². The molecule has 5 nitrogen and oxygen atoms in total. The van der Waals surface area contributed by atoms with Crippen LogP contribution in [0, 0.1) is 13.8 Å². The Labute approximate surface area is 106 Å². The van der Waals surface area contributed by atoms with Crippen LogP contribution in [-0.4, -0.2) is 28.6 Å². The molecule has 0 unspecified atom stereocenters. The zero-order valence-electron chi connectivity index (χ0n) is 11.0. The van der Waals surface area contributed by atoms with Gasteiger partial charge in [-0.05, 0) is 38.3 Å². The van der Waals surface area contributed by atoms with Gasteiger partial charge in [0.15, 0.2) is 0 Å². The molecule has 0 aliphatic carbocycles. The third kappa shape index (κ3) is 3.61. The van der Waals surface area contributed by atoms with Crippen LogP contribution < -0.4 is 0 Å². The number of hydrogen-bond acceptors (Lipinski definition) is 3. The maximum absolute atomic E-state index is 11.5. The molecule has 18 heavy (non-hydrogen) atoms. The number of hydrogen-bond donors (Lipinski definition) is 2. The number of H-pyrrole nitrogens is 1. The molecule has 0 aliphatic rings. The molecule has 0 saturated carbocycles. The van der Waals surface area contributed by atoms with Crippen molar-refractivity contribution in [1.29, 1.82) is 0 Å². The first-order valence-electron chi connectivity index (χ1n) is 6.00. The van der Waals surface area contributed by atoms with Gasteiger partial charge in [0.05, 0.1) is 19.4 Å². The predicted molar refractivity (Wildman–Crippen MR) is 66.6 cm³/mol. The minimum Gasteiger partial charge on any atom is -0.481 e. The highest BCUT2D eigenvalue weighted by Crippen LogP contribution is 2.20. The highest BCUT2D eigenvalue weighted by atomic mass is 16.5. The van der Waals surface area contributed by atoms with Gasteiger partial charge in [-0.3, -0.25) is 9.59 Å².